The molecule has 5 aromatic carbocycles. The van der Waals surface area contributed by atoms with Gasteiger partial charge in [0, 0.05) is 11.7 Å². The average Bonchev–Trinajstić information content (AvgIpc) is 3.78. The van der Waals surface area contributed by atoms with Gasteiger partial charge in [-0.1, -0.05) is 167 Å². The zero-order valence-corrected chi connectivity index (χ0v) is 42.7. The standard InChI is InChI=1S/C30H33.C21H26N.C2H6Si.2ClH.Zr/c1-20-16-24-18-23(21-8-12-25(13-9-21)29(2,3)4)19-28(27(24)17-20)22-10-14-26(15-11-22)30(5,6)7;1-14(2)16-12-17-11-15(3)22(20(17)13-16)19-9-7-18(8-10-19)21(4,5)6;1-3-2;;;/h8-19H,1-7H3;7-11,13-15H,1-6H3;1-2H3;2*1H;/q2*-1;;;;+2/p-2. The van der Waals surface area contributed by atoms with Crippen LogP contribution in [0.5, 0.6) is 0 Å². The predicted octanol–water partition coefficient (Wildman–Crippen LogP) is 8.99. The summed E-state index contributed by atoms with van der Waals surface area (Å²) < 4.78 is 0. The van der Waals surface area contributed by atoms with E-state index in [1.807, 2.05) is 0 Å². The molecule has 0 amide bonds. The van der Waals surface area contributed by atoms with Crippen LogP contribution in [0.1, 0.15) is 105 Å². The van der Waals surface area contributed by atoms with Crippen LogP contribution >= 0.6 is 0 Å². The smallest absolute Gasteiger partial charge is 0.0132 e. The zero-order valence-electron chi connectivity index (χ0n) is 37.8. The second-order valence-electron chi connectivity index (χ2n) is 19.5. The fourth-order valence-corrected chi connectivity index (χ4v) is 7.34. The second-order valence-corrected chi connectivity index (χ2v) is 28.8. The number of nitrogens with zero attached hydrogens (tertiary/aromatic N) is 1. The summed E-state index contributed by atoms with van der Waals surface area (Å²) in [5.74, 6) is 0.527. The Morgan fingerprint density at radius 1 is 0.672 bits per heavy atom. The van der Waals surface area contributed by atoms with Gasteiger partial charge in [-0.2, -0.15) is 6.07 Å². The maximum absolute atomic E-state index is 3.56. The molecule has 0 fully saturated rings. The van der Waals surface area contributed by atoms with Gasteiger partial charge in [-0.05, 0) is 69.0 Å². The van der Waals surface area contributed by atoms with E-state index in [0.717, 1.165) is 0 Å². The predicted molar refractivity (Wildman–Crippen MR) is 245 cm³/mol. The molecule has 1 nitrogen and oxygen atoms in total. The molecule has 0 spiro atoms. The number of anilines is 1. The maximum atomic E-state index is 3.56. The Morgan fingerprint density at radius 3 is 1.57 bits per heavy atom. The molecular weight excluding hydrogens is 841 g/mol. The van der Waals surface area contributed by atoms with Crippen molar-refractivity contribution >= 4 is 21.9 Å². The molecule has 7 rings (SSSR count). The van der Waals surface area contributed by atoms with Crippen molar-refractivity contribution < 1.29 is 48.1 Å². The third-order valence-electron chi connectivity index (χ3n) is 10.7. The molecule has 1 aliphatic heterocycles. The summed E-state index contributed by atoms with van der Waals surface area (Å²) in [6.07, 6.45) is 8.18. The van der Waals surface area contributed by atoms with Gasteiger partial charge < -0.3 is 29.7 Å². The van der Waals surface area contributed by atoms with Gasteiger partial charge in [-0.15, -0.1) is 57.8 Å². The van der Waals surface area contributed by atoms with Crippen LogP contribution in [0.2, 0.25) is 13.1 Å². The van der Waals surface area contributed by atoms with E-state index in [9.17, 15) is 0 Å². The number of benzene rings is 4. The van der Waals surface area contributed by atoms with Crippen LogP contribution in [0.15, 0.2) is 126 Å². The molecule has 2 aliphatic rings. The molecule has 5 heteroatoms. The topological polar surface area (TPSA) is 3.24 Å². The number of rotatable bonds is 4. The largest absolute Gasteiger partial charge is 1.00 e. The monoisotopic (exact) mass is 903 g/mol. The van der Waals surface area contributed by atoms with Crippen molar-refractivity contribution in [1.82, 2.24) is 0 Å². The minimum absolute atomic E-state index is 0. The van der Waals surface area contributed by atoms with E-state index in [4.69, 9.17) is 0 Å². The molecule has 0 saturated carbocycles. The quantitative estimate of drug-likeness (QED) is 0.129. The summed E-state index contributed by atoms with van der Waals surface area (Å²) in [5, 5.41) is 2.66. The van der Waals surface area contributed by atoms with Crippen LogP contribution in [-0.4, -0.2) is 11.5 Å². The summed E-state index contributed by atoms with van der Waals surface area (Å²) in [6.45, 7) is 33.9. The van der Waals surface area contributed by atoms with Crippen molar-refractivity contribution in [1.29, 1.82) is 0 Å². The molecule has 1 atom stereocenters. The Labute approximate surface area is 380 Å². The molecule has 0 N–H and O–H groups in total. The molecule has 306 valence electrons. The van der Waals surface area contributed by atoms with Crippen LogP contribution < -0.4 is 29.7 Å². The number of allylic oxidation sites excluding steroid dienone is 3. The van der Waals surface area contributed by atoms with E-state index in [0.29, 0.717) is 12.0 Å². The fraction of sp³-hybridized carbons (Fsp3) is 0.377. The Bertz CT molecular complexity index is 2260. The third-order valence-corrected chi connectivity index (χ3v) is 10.7. The SMILES string of the molecule is CC(C)C1=[C-]C2=CC(C)N(c3ccc(C(C)(C)C)cc3)C2=C1.C[Si](C)=[Zr+2].Cc1cc2c(-c3ccc(C(C)(C)C)cc3)cc(-c3ccc(C(C)(C)C)cc3)cc2[cH-]1.[Cl-].[Cl-]. The van der Waals surface area contributed by atoms with E-state index in [-0.39, 0.29) is 46.5 Å². The van der Waals surface area contributed by atoms with Gasteiger partial charge in [0.1, 0.15) is 0 Å². The fourth-order valence-electron chi connectivity index (χ4n) is 7.34. The van der Waals surface area contributed by atoms with Gasteiger partial charge in [-0.3, -0.25) is 0 Å². The van der Waals surface area contributed by atoms with E-state index in [1.165, 1.54) is 77.8 Å². The number of halogens is 2. The minimum Gasteiger partial charge on any atom is -1.00 e. The first-order valence-electron chi connectivity index (χ1n) is 20.4. The minimum atomic E-state index is 0. The number of aryl methyl sites for hydroxylation is 1. The summed E-state index contributed by atoms with van der Waals surface area (Å²) in [7, 11) is 0. The van der Waals surface area contributed by atoms with Crippen molar-refractivity contribution in [2.24, 2.45) is 5.92 Å². The zero-order chi connectivity index (χ0) is 41.3. The van der Waals surface area contributed by atoms with Crippen molar-refractivity contribution in [2.75, 3.05) is 4.90 Å². The van der Waals surface area contributed by atoms with Crippen LogP contribution in [-0.2, 0) is 39.6 Å². The number of hydrogen-bond donors (Lipinski definition) is 0. The van der Waals surface area contributed by atoms with E-state index >= 15 is 0 Å². The van der Waals surface area contributed by atoms with E-state index in [1.54, 1.807) is 23.3 Å². The first kappa shape index (κ1) is 49.6. The summed E-state index contributed by atoms with van der Waals surface area (Å²) in [6, 6.07) is 36.9. The van der Waals surface area contributed by atoms with Gasteiger partial charge in [0.15, 0.2) is 0 Å². The number of fused-ring (bicyclic) bond motifs is 2. The van der Waals surface area contributed by atoms with Crippen molar-refractivity contribution in [2.45, 2.75) is 125 Å². The van der Waals surface area contributed by atoms with Crippen LogP contribution in [0, 0.1) is 18.9 Å². The summed E-state index contributed by atoms with van der Waals surface area (Å²) >= 11 is 1.74. The van der Waals surface area contributed by atoms with Crippen LogP contribution in [0.3, 0.4) is 0 Å². The van der Waals surface area contributed by atoms with E-state index in [2.05, 4.69) is 223 Å². The molecule has 0 radical (unpaired) electrons. The molecule has 1 unspecified atom stereocenters. The molecule has 5 aromatic rings. The van der Waals surface area contributed by atoms with Crippen LogP contribution in [0.25, 0.3) is 33.0 Å². The molecule has 0 bridgehead atoms. The van der Waals surface area contributed by atoms with Gasteiger partial charge in [0.05, 0.1) is 0 Å². The van der Waals surface area contributed by atoms with Gasteiger partial charge in [-0.25, -0.2) is 0 Å². The molecule has 1 aliphatic carbocycles. The van der Waals surface area contributed by atoms with Gasteiger partial charge in [0.2, 0.25) is 0 Å². The average molecular weight is 906 g/mol. The first-order chi connectivity index (χ1) is 26.0. The van der Waals surface area contributed by atoms with Crippen LogP contribution in [0.4, 0.5) is 5.69 Å². The Morgan fingerprint density at radius 2 is 1.12 bits per heavy atom. The number of hydrogen-bond acceptors (Lipinski definition) is 1. The molecule has 0 aromatic heterocycles. The first-order valence-corrected chi connectivity index (χ1v) is 26.6. The van der Waals surface area contributed by atoms with Crippen molar-refractivity contribution in [3.63, 3.8) is 0 Å². The molecular formula is C53H65Cl2NSiZr-2. The molecule has 1 heterocycles. The Kier molecular flexibility index (Phi) is 16.8. The summed E-state index contributed by atoms with van der Waals surface area (Å²) in [5.41, 5.74) is 16.5. The maximum Gasteiger partial charge on any atom is -0.0132 e. The molecule has 0 saturated heterocycles. The van der Waals surface area contributed by atoms with E-state index < -0.39 is 0 Å². The Balaban J connectivity index is 0.000000285. The summed E-state index contributed by atoms with van der Waals surface area (Å²) in [4.78, 5) is 2.42. The normalized spacial score (nSPS) is 14.9. The van der Waals surface area contributed by atoms with Crippen molar-refractivity contribution in [3.8, 4) is 22.3 Å². The van der Waals surface area contributed by atoms with Gasteiger partial charge in [0.25, 0.3) is 0 Å². The second kappa shape index (κ2) is 19.7. The van der Waals surface area contributed by atoms with Crippen molar-refractivity contribution in [3.05, 3.63) is 154 Å². The molecule has 58 heavy (non-hydrogen) atoms. The third kappa shape index (κ3) is 12.2. The van der Waals surface area contributed by atoms with Gasteiger partial charge >= 0.3 is 41.9 Å². The Hall–Kier alpha value is -2.81.